The minimum atomic E-state index is -0.341. The average molecular weight is 375 g/mol. The lowest BCUT2D eigenvalue weighted by atomic mass is 9.98. The number of hydrogen-bond acceptors (Lipinski definition) is 3. The first-order chi connectivity index (χ1) is 13.4. The number of hydrogen-bond donors (Lipinski definition) is 1. The maximum atomic E-state index is 12.8. The van der Waals surface area contributed by atoms with E-state index in [0.29, 0.717) is 17.9 Å². The first kappa shape index (κ1) is 18.4. The van der Waals surface area contributed by atoms with Gasteiger partial charge in [0.2, 0.25) is 0 Å². The van der Waals surface area contributed by atoms with Crippen molar-refractivity contribution in [3.8, 4) is 5.75 Å². The zero-order valence-electron chi connectivity index (χ0n) is 16.7. The van der Waals surface area contributed by atoms with E-state index in [1.165, 1.54) is 5.56 Å². The fraction of sp³-hybridized carbons (Fsp3) is 0.292. The van der Waals surface area contributed by atoms with Gasteiger partial charge in [-0.15, -0.1) is 0 Å². The molecule has 4 rings (SSSR count). The molecular weight excluding hydrogens is 350 g/mol. The summed E-state index contributed by atoms with van der Waals surface area (Å²) in [5.74, 6) is 1.21. The summed E-state index contributed by atoms with van der Waals surface area (Å²) in [6, 6.07) is 13.9. The van der Waals surface area contributed by atoms with Crippen molar-refractivity contribution >= 4 is 23.0 Å². The Labute approximate surface area is 165 Å². The Balaban J connectivity index is 1.59. The topological polar surface area (TPSA) is 51.5 Å². The van der Waals surface area contributed by atoms with Crippen molar-refractivity contribution in [3.63, 3.8) is 0 Å². The van der Waals surface area contributed by atoms with Gasteiger partial charge in [-0.2, -0.15) is 0 Å². The zero-order valence-corrected chi connectivity index (χ0v) is 16.7. The summed E-state index contributed by atoms with van der Waals surface area (Å²) in [6.07, 6.45) is 4.09. The molecule has 28 heavy (non-hydrogen) atoms. The number of aryl methyl sites for hydroxylation is 1. The molecule has 0 unspecified atom stereocenters. The Bertz CT molecular complexity index is 1060. The van der Waals surface area contributed by atoms with Crippen LogP contribution in [-0.2, 0) is 0 Å². The highest BCUT2D eigenvalue weighted by molar-refractivity contribution is 6.02. The van der Waals surface area contributed by atoms with Crippen molar-refractivity contribution < 1.29 is 13.9 Å². The summed E-state index contributed by atoms with van der Waals surface area (Å²) in [7, 11) is 0. The van der Waals surface area contributed by atoms with E-state index in [1.807, 2.05) is 57.2 Å². The maximum absolute atomic E-state index is 12.8. The second kappa shape index (κ2) is 6.86. The number of furan rings is 1. The van der Waals surface area contributed by atoms with Gasteiger partial charge in [-0.25, -0.2) is 0 Å². The van der Waals surface area contributed by atoms with E-state index in [-0.39, 0.29) is 17.4 Å². The molecule has 0 radical (unpaired) electrons. The van der Waals surface area contributed by atoms with Crippen molar-refractivity contribution in [2.24, 2.45) is 0 Å². The van der Waals surface area contributed by atoms with Crippen molar-refractivity contribution in [1.29, 1.82) is 0 Å². The molecule has 1 aliphatic heterocycles. The number of benzene rings is 2. The first-order valence-corrected chi connectivity index (χ1v) is 9.63. The summed E-state index contributed by atoms with van der Waals surface area (Å²) in [4.78, 5) is 12.8. The number of carbonyl (C=O) groups excluding carboxylic acids is 1. The molecule has 2 heterocycles. The van der Waals surface area contributed by atoms with Gasteiger partial charge in [0.25, 0.3) is 5.91 Å². The summed E-state index contributed by atoms with van der Waals surface area (Å²) < 4.78 is 12.0. The van der Waals surface area contributed by atoms with Gasteiger partial charge in [0.05, 0.1) is 0 Å². The number of carbonyl (C=O) groups is 1. The molecule has 0 saturated heterocycles. The minimum Gasteiger partial charge on any atom is -0.483 e. The lowest BCUT2D eigenvalue weighted by Gasteiger charge is -2.28. The molecule has 0 aliphatic carbocycles. The Morgan fingerprint density at radius 3 is 2.64 bits per heavy atom. The second-order valence-electron chi connectivity index (χ2n) is 7.97. The molecule has 1 atom stereocenters. The van der Waals surface area contributed by atoms with Gasteiger partial charge in [0.15, 0.2) is 5.76 Å². The van der Waals surface area contributed by atoms with Crippen LogP contribution in [0.4, 0.5) is 0 Å². The predicted molar refractivity (Wildman–Crippen MR) is 112 cm³/mol. The van der Waals surface area contributed by atoms with E-state index in [1.54, 1.807) is 0 Å². The molecule has 144 valence electrons. The van der Waals surface area contributed by atoms with E-state index in [0.717, 1.165) is 22.3 Å². The van der Waals surface area contributed by atoms with Gasteiger partial charge in [-0.05, 0) is 50.5 Å². The van der Waals surface area contributed by atoms with Crippen LogP contribution in [0.25, 0.3) is 17.0 Å². The van der Waals surface area contributed by atoms with Gasteiger partial charge in [0, 0.05) is 23.1 Å². The second-order valence-corrected chi connectivity index (χ2v) is 7.97. The summed E-state index contributed by atoms with van der Waals surface area (Å²) in [5, 5.41) is 3.95. The van der Waals surface area contributed by atoms with Gasteiger partial charge in [-0.3, -0.25) is 4.79 Å². The molecule has 1 N–H and O–H groups in total. The Morgan fingerprint density at radius 2 is 1.89 bits per heavy atom. The largest absolute Gasteiger partial charge is 0.483 e. The Morgan fingerprint density at radius 1 is 1.14 bits per heavy atom. The normalized spacial score (nSPS) is 15.7. The molecule has 1 amide bonds. The van der Waals surface area contributed by atoms with Crippen molar-refractivity contribution in [2.75, 3.05) is 6.54 Å². The van der Waals surface area contributed by atoms with Crippen LogP contribution in [0.3, 0.4) is 0 Å². The molecule has 2 aromatic carbocycles. The number of amides is 1. The van der Waals surface area contributed by atoms with E-state index >= 15 is 0 Å². The molecule has 1 aliphatic rings. The lowest BCUT2D eigenvalue weighted by molar-refractivity contribution is 0.0925. The zero-order chi connectivity index (χ0) is 19.9. The van der Waals surface area contributed by atoms with Crippen LogP contribution in [-0.4, -0.2) is 18.1 Å². The smallest absolute Gasteiger partial charge is 0.287 e. The van der Waals surface area contributed by atoms with Crippen LogP contribution < -0.4 is 10.1 Å². The van der Waals surface area contributed by atoms with E-state index in [9.17, 15) is 4.79 Å². The van der Waals surface area contributed by atoms with Crippen LogP contribution in [0.2, 0.25) is 0 Å². The minimum absolute atomic E-state index is 0.189. The van der Waals surface area contributed by atoms with Gasteiger partial charge < -0.3 is 14.5 Å². The fourth-order valence-electron chi connectivity index (χ4n) is 3.65. The fourth-order valence-corrected chi connectivity index (χ4v) is 3.65. The standard InChI is InChI=1S/C24H25NO3/c1-15(17-8-6-5-7-9-17)14-25-23(26)22-16(2)21-18-12-13-24(3,4)28-19(18)10-11-20(21)27-22/h5-13,15H,14H2,1-4H3,(H,25,26)/t15-/m0/s1. The summed E-state index contributed by atoms with van der Waals surface area (Å²) in [5.41, 5.74) is 3.36. The van der Waals surface area contributed by atoms with Crippen LogP contribution in [0.5, 0.6) is 5.75 Å². The van der Waals surface area contributed by atoms with Gasteiger partial charge in [-0.1, -0.05) is 43.3 Å². The highest BCUT2D eigenvalue weighted by Gasteiger charge is 2.26. The number of fused-ring (bicyclic) bond motifs is 3. The highest BCUT2D eigenvalue weighted by atomic mass is 16.5. The SMILES string of the molecule is Cc1c(C(=O)NC[C@H](C)c2ccccc2)oc2ccc3c(c12)C=CC(C)(C)O3. The monoisotopic (exact) mass is 375 g/mol. The van der Waals surface area contributed by atoms with Gasteiger partial charge >= 0.3 is 0 Å². The predicted octanol–water partition coefficient (Wildman–Crippen LogP) is 5.46. The number of rotatable bonds is 4. The third-order valence-electron chi connectivity index (χ3n) is 5.26. The average Bonchev–Trinajstić information content (AvgIpc) is 3.02. The number of nitrogens with one attached hydrogen (secondary N) is 1. The highest BCUT2D eigenvalue weighted by Crippen LogP contribution is 2.39. The molecule has 0 bridgehead atoms. The van der Waals surface area contributed by atoms with Crippen molar-refractivity contribution in [2.45, 2.75) is 39.2 Å². The number of ether oxygens (including phenoxy) is 1. The molecule has 3 aromatic rings. The summed E-state index contributed by atoms with van der Waals surface area (Å²) in [6.45, 7) is 8.61. The van der Waals surface area contributed by atoms with Crippen LogP contribution >= 0.6 is 0 Å². The molecule has 4 heteroatoms. The summed E-state index contributed by atoms with van der Waals surface area (Å²) >= 11 is 0. The molecule has 1 aromatic heterocycles. The molecule has 0 spiro atoms. The van der Waals surface area contributed by atoms with Crippen LogP contribution in [0, 0.1) is 6.92 Å². The van der Waals surface area contributed by atoms with E-state index < -0.39 is 0 Å². The Hall–Kier alpha value is -3.01. The molecule has 0 saturated carbocycles. The molecular formula is C24H25NO3. The Kier molecular flexibility index (Phi) is 4.50. The van der Waals surface area contributed by atoms with Crippen LogP contribution in [0.15, 0.2) is 53.0 Å². The van der Waals surface area contributed by atoms with Gasteiger partial charge in [0.1, 0.15) is 16.9 Å². The third-order valence-corrected chi connectivity index (χ3v) is 5.26. The maximum Gasteiger partial charge on any atom is 0.287 e. The quantitative estimate of drug-likeness (QED) is 0.659. The van der Waals surface area contributed by atoms with Crippen LogP contribution in [0.1, 0.15) is 53.9 Å². The third kappa shape index (κ3) is 3.31. The molecule has 0 fully saturated rings. The van der Waals surface area contributed by atoms with Crippen molar-refractivity contribution in [3.05, 3.63) is 71.0 Å². The first-order valence-electron chi connectivity index (χ1n) is 9.63. The van der Waals surface area contributed by atoms with E-state index in [2.05, 4.69) is 30.4 Å². The van der Waals surface area contributed by atoms with E-state index in [4.69, 9.17) is 9.15 Å². The lowest BCUT2D eigenvalue weighted by Crippen LogP contribution is -2.27. The molecule has 4 nitrogen and oxygen atoms in total. The van der Waals surface area contributed by atoms with Crippen molar-refractivity contribution in [1.82, 2.24) is 5.32 Å².